The van der Waals surface area contributed by atoms with Gasteiger partial charge in [0.1, 0.15) is 0 Å². The zero-order valence-electron chi connectivity index (χ0n) is 6.85. The van der Waals surface area contributed by atoms with Crippen LogP contribution in [-0.2, 0) is 0 Å². The molecule has 0 radical (unpaired) electrons. The molecule has 1 unspecified atom stereocenters. The van der Waals surface area contributed by atoms with Gasteiger partial charge in [-0.05, 0) is 32.2 Å². The molecule has 0 amide bonds. The first-order chi connectivity index (χ1) is 4.79. The van der Waals surface area contributed by atoms with Crippen LogP contribution < -0.4 is 5.32 Å². The van der Waals surface area contributed by atoms with Crippen LogP contribution in [0.25, 0.3) is 0 Å². The van der Waals surface area contributed by atoms with Crippen LogP contribution in [0.4, 0.5) is 0 Å². The van der Waals surface area contributed by atoms with Crippen LogP contribution in [0.1, 0.15) is 26.2 Å². The highest BCUT2D eigenvalue weighted by Gasteiger charge is 2.42. The first-order valence-electron chi connectivity index (χ1n) is 4.09. The molecule has 0 aromatic heterocycles. The van der Waals surface area contributed by atoms with Crippen molar-refractivity contribution in [3.63, 3.8) is 0 Å². The Morgan fingerprint density at radius 2 is 2.20 bits per heavy atom. The summed E-state index contributed by atoms with van der Waals surface area (Å²) in [4.78, 5) is 0. The Morgan fingerprint density at radius 3 is 2.30 bits per heavy atom. The maximum Gasteiger partial charge on any atom is 0.0615 e. The van der Waals surface area contributed by atoms with Crippen LogP contribution in [-0.4, -0.2) is 24.3 Å². The Hall–Kier alpha value is -0.0800. The second kappa shape index (κ2) is 2.89. The van der Waals surface area contributed by atoms with Gasteiger partial charge in [-0.15, -0.1) is 0 Å². The minimum absolute atomic E-state index is 0.0417. The van der Waals surface area contributed by atoms with Gasteiger partial charge in [0.2, 0.25) is 0 Å². The van der Waals surface area contributed by atoms with Crippen molar-refractivity contribution in [3.05, 3.63) is 0 Å². The highest BCUT2D eigenvalue weighted by molar-refractivity contribution is 4.98. The van der Waals surface area contributed by atoms with Gasteiger partial charge in [-0.25, -0.2) is 0 Å². The maximum atomic E-state index is 9.12. The molecule has 10 heavy (non-hydrogen) atoms. The number of aliphatic hydroxyl groups is 1. The standard InChI is InChI=1S/C8H17NO/c1-3-8(6-10,9-2)7-4-5-7/h7,9-10H,3-6H2,1-2H3. The van der Waals surface area contributed by atoms with E-state index >= 15 is 0 Å². The number of rotatable bonds is 4. The molecule has 60 valence electrons. The Kier molecular flexibility index (Phi) is 2.32. The molecule has 0 bridgehead atoms. The molecule has 0 spiro atoms. The van der Waals surface area contributed by atoms with Gasteiger partial charge < -0.3 is 10.4 Å². The highest BCUT2D eigenvalue weighted by atomic mass is 16.3. The quantitative estimate of drug-likeness (QED) is 0.609. The normalized spacial score (nSPS) is 24.3. The lowest BCUT2D eigenvalue weighted by atomic mass is 9.91. The third-order valence-electron chi connectivity index (χ3n) is 2.77. The van der Waals surface area contributed by atoms with Gasteiger partial charge in [0.25, 0.3) is 0 Å². The molecular weight excluding hydrogens is 126 g/mol. The minimum Gasteiger partial charge on any atom is -0.394 e. The Balaban J connectivity index is 2.52. The molecule has 0 saturated heterocycles. The molecule has 2 nitrogen and oxygen atoms in total. The van der Waals surface area contributed by atoms with E-state index in [0.717, 1.165) is 12.3 Å². The van der Waals surface area contributed by atoms with E-state index in [1.54, 1.807) is 0 Å². The largest absolute Gasteiger partial charge is 0.394 e. The van der Waals surface area contributed by atoms with Gasteiger partial charge in [0, 0.05) is 5.54 Å². The van der Waals surface area contributed by atoms with Crippen molar-refractivity contribution in [2.24, 2.45) is 5.92 Å². The summed E-state index contributed by atoms with van der Waals surface area (Å²) in [5, 5.41) is 12.4. The molecule has 1 atom stereocenters. The number of likely N-dealkylation sites (N-methyl/N-ethyl adjacent to an activating group) is 1. The number of nitrogens with one attached hydrogen (secondary N) is 1. The van der Waals surface area contributed by atoms with E-state index in [1.165, 1.54) is 12.8 Å². The molecule has 0 aromatic rings. The van der Waals surface area contributed by atoms with Crippen LogP contribution in [0.2, 0.25) is 0 Å². The molecular formula is C8H17NO. The zero-order valence-corrected chi connectivity index (χ0v) is 6.85. The van der Waals surface area contributed by atoms with E-state index in [-0.39, 0.29) is 12.1 Å². The molecule has 1 saturated carbocycles. The fraction of sp³-hybridized carbons (Fsp3) is 1.00. The van der Waals surface area contributed by atoms with E-state index in [0.29, 0.717) is 0 Å². The SMILES string of the molecule is CCC(CO)(NC)C1CC1. The Labute approximate surface area is 62.6 Å². The van der Waals surface area contributed by atoms with Crippen LogP contribution in [0.5, 0.6) is 0 Å². The molecule has 1 aliphatic carbocycles. The first-order valence-corrected chi connectivity index (χ1v) is 4.09. The Bertz CT molecular complexity index is 97.6. The fourth-order valence-electron chi connectivity index (χ4n) is 1.63. The van der Waals surface area contributed by atoms with Crippen LogP contribution >= 0.6 is 0 Å². The monoisotopic (exact) mass is 143 g/mol. The van der Waals surface area contributed by atoms with Gasteiger partial charge in [0.05, 0.1) is 6.61 Å². The molecule has 0 heterocycles. The van der Waals surface area contributed by atoms with Crippen molar-refractivity contribution in [2.45, 2.75) is 31.7 Å². The number of aliphatic hydroxyl groups excluding tert-OH is 1. The van der Waals surface area contributed by atoms with E-state index in [9.17, 15) is 0 Å². The summed E-state index contributed by atoms with van der Waals surface area (Å²) in [6.07, 6.45) is 3.61. The second-order valence-corrected chi connectivity index (χ2v) is 3.19. The van der Waals surface area contributed by atoms with E-state index in [2.05, 4.69) is 12.2 Å². The lowest BCUT2D eigenvalue weighted by Gasteiger charge is -2.30. The van der Waals surface area contributed by atoms with Crippen LogP contribution in [0.15, 0.2) is 0 Å². The summed E-state index contributed by atoms with van der Waals surface area (Å²) < 4.78 is 0. The van der Waals surface area contributed by atoms with Crippen molar-refractivity contribution >= 4 is 0 Å². The predicted octanol–water partition coefficient (Wildman–Crippen LogP) is 0.757. The van der Waals surface area contributed by atoms with Crippen molar-refractivity contribution in [1.82, 2.24) is 5.32 Å². The fourth-order valence-corrected chi connectivity index (χ4v) is 1.63. The van der Waals surface area contributed by atoms with Gasteiger partial charge in [-0.3, -0.25) is 0 Å². The van der Waals surface area contributed by atoms with Crippen LogP contribution in [0, 0.1) is 5.92 Å². The molecule has 2 N–H and O–H groups in total. The third-order valence-corrected chi connectivity index (χ3v) is 2.77. The summed E-state index contributed by atoms with van der Waals surface area (Å²) in [6.45, 7) is 2.41. The number of hydrogen-bond donors (Lipinski definition) is 2. The van der Waals surface area contributed by atoms with Gasteiger partial charge in [-0.1, -0.05) is 6.92 Å². The lowest BCUT2D eigenvalue weighted by Crippen LogP contribution is -2.47. The van der Waals surface area contributed by atoms with Gasteiger partial charge in [-0.2, -0.15) is 0 Å². The average Bonchev–Trinajstić information content (AvgIpc) is 2.77. The topological polar surface area (TPSA) is 32.3 Å². The molecule has 2 heteroatoms. The van der Waals surface area contributed by atoms with Crippen LogP contribution in [0.3, 0.4) is 0 Å². The van der Waals surface area contributed by atoms with E-state index < -0.39 is 0 Å². The lowest BCUT2D eigenvalue weighted by molar-refractivity contribution is 0.143. The summed E-state index contributed by atoms with van der Waals surface area (Å²) in [5.74, 6) is 0.729. The van der Waals surface area contributed by atoms with E-state index in [4.69, 9.17) is 5.11 Å². The van der Waals surface area contributed by atoms with Crippen molar-refractivity contribution in [2.75, 3.05) is 13.7 Å². The molecule has 1 aliphatic rings. The Morgan fingerprint density at radius 1 is 1.60 bits per heavy atom. The smallest absolute Gasteiger partial charge is 0.0615 e. The second-order valence-electron chi connectivity index (χ2n) is 3.19. The minimum atomic E-state index is 0.0417. The predicted molar refractivity (Wildman–Crippen MR) is 41.9 cm³/mol. The molecule has 1 fully saturated rings. The van der Waals surface area contributed by atoms with Gasteiger partial charge in [0.15, 0.2) is 0 Å². The van der Waals surface area contributed by atoms with Crippen molar-refractivity contribution in [3.8, 4) is 0 Å². The van der Waals surface area contributed by atoms with Gasteiger partial charge >= 0.3 is 0 Å². The molecule has 0 aliphatic heterocycles. The first kappa shape index (κ1) is 8.02. The average molecular weight is 143 g/mol. The summed E-state index contributed by atoms with van der Waals surface area (Å²) in [7, 11) is 1.94. The maximum absolute atomic E-state index is 9.12. The summed E-state index contributed by atoms with van der Waals surface area (Å²) in [5.41, 5.74) is 0.0417. The summed E-state index contributed by atoms with van der Waals surface area (Å²) in [6, 6.07) is 0. The van der Waals surface area contributed by atoms with E-state index in [1.807, 2.05) is 7.05 Å². The third kappa shape index (κ3) is 1.18. The zero-order chi connectivity index (χ0) is 7.61. The molecule has 1 rings (SSSR count). The van der Waals surface area contributed by atoms with Crippen molar-refractivity contribution in [1.29, 1.82) is 0 Å². The highest BCUT2D eigenvalue weighted by Crippen LogP contribution is 2.40. The number of hydrogen-bond acceptors (Lipinski definition) is 2. The molecule has 0 aromatic carbocycles. The van der Waals surface area contributed by atoms with Crippen molar-refractivity contribution < 1.29 is 5.11 Å². The summed E-state index contributed by atoms with van der Waals surface area (Å²) >= 11 is 0.